The van der Waals surface area contributed by atoms with Gasteiger partial charge >= 0.3 is 0 Å². The fraction of sp³-hybridized carbons (Fsp3) is 0.368. The molecule has 5 nitrogen and oxygen atoms in total. The molecule has 2 aromatic carbocycles. The molecule has 1 aliphatic heterocycles. The molecule has 5 heteroatoms. The molecule has 1 aliphatic rings. The highest BCUT2D eigenvalue weighted by Crippen LogP contribution is 2.20. The summed E-state index contributed by atoms with van der Waals surface area (Å²) < 4.78 is 11.8. The van der Waals surface area contributed by atoms with Crippen LogP contribution in [-0.4, -0.2) is 37.2 Å². The number of anilines is 2. The largest absolute Gasteiger partial charge is 0.492 e. The molecule has 128 valence electrons. The summed E-state index contributed by atoms with van der Waals surface area (Å²) in [7, 11) is 0. The molecule has 24 heavy (non-hydrogen) atoms. The van der Waals surface area contributed by atoms with Gasteiger partial charge in [0.05, 0.1) is 0 Å². The predicted octanol–water partition coefficient (Wildman–Crippen LogP) is 2.77. The van der Waals surface area contributed by atoms with E-state index in [1.165, 1.54) is 0 Å². The Balaban J connectivity index is 1.36. The van der Waals surface area contributed by atoms with Crippen molar-refractivity contribution in [2.45, 2.75) is 18.9 Å². The lowest BCUT2D eigenvalue weighted by molar-refractivity contribution is 0.0915. The second-order valence-electron chi connectivity index (χ2n) is 6.15. The van der Waals surface area contributed by atoms with Gasteiger partial charge in [0.25, 0.3) is 0 Å². The quantitative estimate of drug-likeness (QED) is 0.798. The van der Waals surface area contributed by atoms with Crippen molar-refractivity contribution in [1.82, 2.24) is 4.90 Å². The Hall–Kier alpha value is -2.40. The van der Waals surface area contributed by atoms with E-state index >= 15 is 0 Å². The summed E-state index contributed by atoms with van der Waals surface area (Å²) in [5, 5.41) is 0. The Morgan fingerprint density at radius 1 is 0.833 bits per heavy atom. The molecule has 0 spiro atoms. The zero-order valence-electron chi connectivity index (χ0n) is 13.9. The van der Waals surface area contributed by atoms with Crippen LogP contribution in [0.5, 0.6) is 11.5 Å². The summed E-state index contributed by atoms with van der Waals surface area (Å²) in [5.74, 6) is 1.76. The third kappa shape index (κ3) is 4.80. The molecule has 1 fully saturated rings. The van der Waals surface area contributed by atoms with Gasteiger partial charge in [-0.15, -0.1) is 0 Å². The van der Waals surface area contributed by atoms with Gasteiger partial charge in [-0.05, 0) is 61.4 Å². The molecule has 3 rings (SSSR count). The zero-order valence-corrected chi connectivity index (χ0v) is 13.9. The van der Waals surface area contributed by atoms with E-state index in [1.807, 2.05) is 48.5 Å². The highest BCUT2D eigenvalue weighted by atomic mass is 16.5. The SMILES string of the molecule is Nc1ccc(OCCN2CCC(Oc3ccc(N)cc3)CC2)cc1. The number of piperidine rings is 1. The van der Waals surface area contributed by atoms with Crippen LogP contribution < -0.4 is 20.9 Å². The maximum Gasteiger partial charge on any atom is 0.119 e. The predicted molar refractivity (Wildman–Crippen MR) is 97.3 cm³/mol. The molecule has 0 saturated carbocycles. The van der Waals surface area contributed by atoms with Crippen LogP contribution in [0.15, 0.2) is 48.5 Å². The lowest BCUT2D eigenvalue weighted by atomic mass is 10.1. The van der Waals surface area contributed by atoms with Crippen molar-refractivity contribution >= 4 is 11.4 Å². The van der Waals surface area contributed by atoms with Gasteiger partial charge in [0, 0.05) is 31.0 Å². The molecule has 0 unspecified atom stereocenters. The van der Waals surface area contributed by atoms with Gasteiger partial charge in [0.1, 0.15) is 24.2 Å². The number of hydrogen-bond acceptors (Lipinski definition) is 5. The normalized spacial score (nSPS) is 16.0. The molecule has 1 saturated heterocycles. The third-order valence-electron chi connectivity index (χ3n) is 4.27. The van der Waals surface area contributed by atoms with Crippen LogP contribution in [0.2, 0.25) is 0 Å². The number of hydrogen-bond donors (Lipinski definition) is 2. The van der Waals surface area contributed by atoms with Crippen LogP contribution in [-0.2, 0) is 0 Å². The van der Waals surface area contributed by atoms with Crippen molar-refractivity contribution in [3.63, 3.8) is 0 Å². The third-order valence-corrected chi connectivity index (χ3v) is 4.27. The van der Waals surface area contributed by atoms with Gasteiger partial charge in [0.15, 0.2) is 0 Å². The summed E-state index contributed by atoms with van der Waals surface area (Å²) in [6.45, 7) is 3.68. The molecule has 0 aliphatic carbocycles. The maximum atomic E-state index is 6.02. The fourth-order valence-corrected chi connectivity index (χ4v) is 2.85. The smallest absolute Gasteiger partial charge is 0.119 e. The molecule has 0 radical (unpaired) electrons. The van der Waals surface area contributed by atoms with Crippen molar-refractivity contribution in [1.29, 1.82) is 0 Å². The lowest BCUT2D eigenvalue weighted by Crippen LogP contribution is -2.40. The topological polar surface area (TPSA) is 73.7 Å². The second-order valence-corrected chi connectivity index (χ2v) is 6.15. The van der Waals surface area contributed by atoms with Crippen molar-refractivity contribution < 1.29 is 9.47 Å². The van der Waals surface area contributed by atoms with Gasteiger partial charge < -0.3 is 20.9 Å². The summed E-state index contributed by atoms with van der Waals surface area (Å²) in [6.07, 6.45) is 2.35. The van der Waals surface area contributed by atoms with Gasteiger partial charge in [0.2, 0.25) is 0 Å². The van der Waals surface area contributed by atoms with Crippen LogP contribution in [0.25, 0.3) is 0 Å². The summed E-state index contributed by atoms with van der Waals surface area (Å²) >= 11 is 0. The molecular weight excluding hydrogens is 302 g/mol. The Morgan fingerprint density at radius 2 is 1.38 bits per heavy atom. The Morgan fingerprint density at radius 3 is 1.96 bits per heavy atom. The van der Waals surface area contributed by atoms with Gasteiger partial charge in [-0.3, -0.25) is 4.90 Å². The molecule has 0 bridgehead atoms. The zero-order chi connectivity index (χ0) is 16.8. The van der Waals surface area contributed by atoms with Crippen molar-refractivity contribution in [3.05, 3.63) is 48.5 Å². The van der Waals surface area contributed by atoms with Crippen molar-refractivity contribution in [2.24, 2.45) is 0 Å². The highest BCUT2D eigenvalue weighted by Gasteiger charge is 2.20. The van der Waals surface area contributed by atoms with E-state index in [1.54, 1.807) is 0 Å². The Kier molecular flexibility index (Phi) is 5.43. The van der Waals surface area contributed by atoms with Gasteiger partial charge in [-0.1, -0.05) is 0 Å². The monoisotopic (exact) mass is 327 g/mol. The molecular formula is C19H25N3O2. The number of ether oxygens (including phenoxy) is 2. The van der Waals surface area contributed by atoms with E-state index in [2.05, 4.69) is 4.90 Å². The number of nitrogens with two attached hydrogens (primary N) is 2. The summed E-state index contributed by atoms with van der Waals surface area (Å²) in [6, 6.07) is 15.1. The summed E-state index contributed by atoms with van der Waals surface area (Å²) in [5.41, 5.74) is 12.9. The number of nitrogen functional groups attached to an aromatic ring is 2. The van der Waals surface area contributed by atoms with E-state index < -0.39 is 0 Å². The van der Waals surface area contributed by atoms with E-state index in [4.69, 9.17) is 20.9 Å². The average Bonchev–Trinajstić information content (AvgIpc) is 2.60. The molecule has 0 atom stereocenters. The second kappa shape index (κ2) is 7.93. The van der Waals surface area contributed by atoms with Crippen molar-refractivity contribution in [3.8, 4) is 11.5 Å². The van der Waals surface area contributed by atoms with Gasteiger partial charge in [-0.2, -0.15) is 0 Å². The number of nitrogens with zero attached hydrogens (tertiary/aromatic N) is 1. The van der Waals surface area contributed by atoms with Crippen LogP contribution >= 0.6 is 0 Å². The van der Waals surface area contributed by atoms with E-state index in [9.17, 15) is 0 Å². The van der Waals surface area contributed by atoms with Crippen LogP contribution in [0.3, 0.4) is 0 Å². The molecule has 0 aromatic heterocycles. The minimum Gasteiger partial charge on any atom is -0.492 e. The van der Waals surface area contributed by atoms with E-state index in [0.717, 1.165) is 55.3 Å². The highest BCUT2D eigenvalue weighted by molar-refractivity contribution is 5.42. The minimum atomic E-state index is 0.280. The van der Waals surface area contributed by atoms with E-state index in [-0.39, 0.29) is 6.10 Å². The molecule has 4 N–H and O–H groups in total. The van der Waals surface area contributed by atoms with Gasteiger partial charge in [-0.25, -0.2) is 0 Å². The van der Waals surface area contributed by atoms with Crippen LogP contribution in [0.4, 0.5) is 11.4 Å². The first-order chi connectivity index (χ1) is 11.7. The number of rotatable bonds is 6. The first-order valence-electron chi connectivity index (χ1n) is 8.42. The molecule has 1 heterocycles. The molecule has 0 amide bonds. The number of benzene rings is 2. The number of likely N-dealkylation sites (tertiary alicyclic amines) is 1. The van der Waals surface area contributed by atoms with E-state index in [0.29, 0.717) is 6.61 Å². The fourth-order valence-electron chi connectivity index (χ4n) is 2.85. The van der Waals surface area contributed by atoms with Crippen molar-refractivity contribution in [2.75, 3.05) is 37.7 Å². The average molecular weight is 327 g/mol. The Bertz CT molecular complexity index is 620. The maximum absolute atomic E-state index is 6.02. The van der Waals surface area contributed by atoms with Crippen LogP contribution in [0, 0.1) is 0 Å². The van der Waals surface area contributed by atoms with Crippen LogP contribution in [0.1, 0.15) is 12.8 Å². The summed E-state index contributed by atoms with van der Waals surface area (Å²) in [4.78, 5) is 2.42. The Labute approximate surface area is 143 Å². The first kappa shape index (κ1) is 16.5. The standard InChI is InChI=1S/C19H25N3O2/c20-15-1-5-17(6-2-15)23-14-13-22-11-9-19(10-12-22)24-18-7-3-16(21)4-8-18/h1-8,19H,9-14,20-21H2. The minimum absolute atomic E-state index is 0.280. The molecule has 2 aromatic rings. The first-order valence-corrected chi connectivity index (χ1v) is 8.42. The lowest BCUT2D eigenvalue weighted by Gasteiger charge is -2.32.